The van der Waals surface area contributed by atoms with E-state index in [1.807, 2.05) is 0 Å². The normalized spacial score (nSPS) is 0. The fourth-order valence-electron chi connectivity index (χ4n) is 0. The van der Waals surface area contributed by atoms with Crippen LogP contribution in [0.25, 0.3) is 24.6 Å². The van der Waals surface area contributed by atoms with Crippen LogP contribution in [-0.4, -0.2) is 0 Å². The maximum absolute atomic E-state index is 0. The summed E-state index contributed by atoms with van der Waals surface area (Å²) in [6.07, 6.45) is 0. The first-order valence-electron chi connectivity index (χ1n) is 0. The van der Waals surface area contributed by atoms with Crippen LogP contribution in [0.3, 0.4) is 0 Å². The predicted octanol–water partition coefficient (Wildman–Crippen LogP) is -9.12. The fourth-order valence-corrected chi connectivity index (χ4v) is 0. The van der Waals surface area contributed by atoms with Gasteiger partial charge >= 0.3 is 21.1 Å². The third-order valence-corrected chi connectivity index (χ3v) is 0. The van der Waals surface area contributed by atoms with E-state index in [0.717, 1.165) is 0 Å². The maximum atomic E-state index is 0. The molecule has 0 spiro atoms. The Kier molecular flexibility index (Phi) is 6150. The molecular formula is H8Cl4N4Pt2-6. The summed E-state index contributed by atoms with van der Waals surface area (Å²) in [6.45, 7) is 0. The van der Waals surface area contributed by atoms with Gasteiger partial charge in [-0.05, 0) is 0 Å². The summed E-state index contributed by atoms with van der Waals surface area (Å²) in [5.74, 6) is 0. The minimum absolute atomic E-state index is 0. The van der Waals surface area contributed by atoms with E-state index in [2.05, 4.69) is 0 Å². The average Bonchev–Trinajstić information content (AvgIpc) is 0. The van der Waals surface area contributed by atoms with Gasteiger partial charge in [-0.3, -0.25) is 0 Å². The molecule has 0 aromatic heterocycles. The fraction of sp³-hybridized carbons (Fsp3) is 0. The van der Waals surface area contributed by atoms with Crippen LogP contribution in [0.15, 0.2) is 0 Å². The van der Waals surface area contributed by atoms with Crippen molar-refractivity contribution in [2.24, 2.45) is 0 Å². The minimum Gasteiger partial charge on any atom is -1.00 e. The van der Waals surface area contributed by atoms with Crippen LogP contribution in [0.5, 0.6) is 0 Å². The van der Waals surface area contributed by atoms with Gasteiger partial charge in [-0.15, -0.1) is 0 Å². The molecule has 0 radical (unpaired) electrons. The summed E-state index contributed by atoms with van der Waals surface area (Å²) < 4.78 is 0. The number of nitrogens with two attached hydrogens (primary N) is 4. The van der Waals surface area contributed by atoms with Gasteiger partial charge in [-0.2, -0.15) is 0 Å². The van der Waals surface area contributed by atoms with Crippen LogP contribution < -0.4 is 49.6 Å². The molecule has 0 aromatic carbocycles. The van der Waals surface area contributed by atoms with Crippen molar-refractivity contribution < 1.29 is 91.8 Å². The van der Waals surface area contributed by atoms with Crippen molar-refractivity contribution in [2.75, 3.05) is 0 Å². The molecule has 0 unspecified atom stereocenters. The third kappa shape index (κ3) is 162. The molecule has 0 bridgehead atoms. The van der Waals surface area contributed by atoms with Crippen molar-refractivity contribution in [1.29, 1.82) is 0 Å². The zero-order valence-corrected chi connectivity index (χ0v) is 12.0. The van der Waals surface area contributed by atoms with Crippen LogP contribution >= 0.6 is 0 Å². The minimum atomic E-state index is 0. The Morgan fingerprint density at radius 2 is 0.400 bits per heavy atom. The topological polar surface area (TPSA) is 134 Å². The third-order valence-electron chi connectivity index (χ3n) is 0. The molecule has 0 fully saturated rings. The van der Waals surface area contributed by atoms with Crippen LogP contribution in [0.2, 0.25) is 0 Å². The second-order valence-electron chi connectivity index (χ2n) is 0. The Bertz CT molecular complexity index is 15.2. The molecule has 8 N–H and O–H groups in total. The first-order valence-corrected chi connectivity index (χ1v) is 0. The number of halogens is 4. The standard InChI is InChI=1S/4ClH.4H2N.2Pt/h4*1H;4*1H2;;/q;;;;4*-1;;+2/p-4. The van der Waals surface area contributed by atoms with E-state index < -0.39 is 0 Å². The second-order valence-corrected chi connectivity index (χ2v) is 0. The largest absolute Gasteiger partial charge is 2.00 e. The Morgan fingerprint density at radius 3 is 0.400 bits per heavy atom. The van der Waals surface area contributed by atoms with Gasteiger partial charge in [0.2, 0.25) is 0 Å². The first-order chi connectivity index (χ1) is 0. The Hall–Kier alpha value is 2.38. The molecule has 0 amide bonds. The summed E-state index contributed by atoms with van der Waals surface area (Å²) >= 11 is 0. The summed E-state index contributed by atoms with van der Waals surface area (Å²) in [7, 11) is 0. The average molecular weight is 596 g/mol. The van der Waals surface area contributed by atoms with Crippen LogP contribution in [-0.2, 0) is 42.1 Å². The number of hydrogen-bond donors (Lipinski definition) is 0. The van der Waals surface area contributed by atoms with E-state index in [1.165, 1.54) is 0 Å². The van der Waals surface area contributed by atoms with Crippen molar-refractivity contribution in [3.8, 4) is 0 Å². The molecule has 0 aliphatic rings. The molecule has 0 saturated heterocycles. The second kappa shape index (κ2) is 217. The van der Waals surface area contributed by atoms with E-state index >= 15 is 0 Å². The molecule has 0 heterocycles. The molecule has 10 heteroatoms. The molecule has 10 heavy (non-hydrogen) atoms. The van der Waals surface area contributed by atoms with Crippen molar-refractivity contribution >= 4 is 0 Å². The Morgan fingerprint density at radius 1 is 0.400 bits per heavy atom. The van der Waals surface area contributed by atoms with E-state index in [0.29, 0.717) is 0 Å². The monoisotopic (exact) mass is 594 g/mol. The van der Waals surface area contributed by atoms with Gasteiger partial charge in [-0.1, -0.05) is 0 Å². The summed E-state index contributed by atoms with van der Waals surface area (Å²) in [5, 5.41) is 0. The zero-order chi connectivity index (χ0) is 0. The van der Waals surface area contributed by atoms with Crippen LogP contribution in [0.4, 0.5) is 0 Å². The van der Waals surface area contributed by atoms with Gasteiger partial charge in [0.1, 0.15) is 0 Å². The quantitative estimate of drug-likeness (QED) is 0.263. The number of hydrogen-bond acceptors (Lipinski definition) is 0. The Balaban J connectivity index is 0. The molecule has 0 aliphatic carbocycles. The molecule has 0 aliphatic heterocycles. The molecule has 0 saturated carbocycles. The first kappa shape index (κ1) is 284. The SMILES string of the molecule is [Cl-].[Cl-].[Cl-].[Cl-].[NH2-].[NH2-].[NH2-].[NH2-].[Pt+2].[Pt]. The van der Waals surface area contributed by atoms with Gasteiger partial charge in [0.25, 0.3) is 0 Å². The van der Waals surface area contributed by atoms with E-state index in [-0.39, 0.29) is 116 Å². The summed E-state index contributed by atoms with van der Waals surface area (Å²) in [4.78, 5) is 0. The molecule has 4 nitrogen and oxygen atoms in total. The predicted molar refractivity (Wildman–Crippen MR) is 21.1 cm³/mol. The van der Waals surface area contributed by atoms with Gasteiger partial charge < -0.3 is 74.2 Å². The number of rotatable bonds is 0. The molecule has 0 aromatic rings. The van der Waals surface area contributed by atoms with Crippen molar-refractivity contribution in [1.82, 2.24) is 0 Å². The summed E-state index contributed by atoms with van der Waals surface area (Å²) in [5.41, 5.74) is 0. The van der Waals surface area contributed by atoms with E-state index in [9.17, 15) is 0 Å². The van der Waals surface area contributed by atoms with Gasteiger partial charge in [0, 0.05) is 21.1 Å². The van der Waals surface area contributed by atoms with E-state index in [1.54, 1.807) is 0 Å². The summed E-state index contributed by atoms with van der Waals surface area (Å²) in [6, 6.07) is 0. The van der Waals surface area contributed by atoms with Crippen molar-refractivity contribution in [2.45, 2.75) is 0 Å². The van der Waals surface area contributed by atoms with Gasteiger partial charge in [-0.25, -0.2) is 0 Å². The zero-order valence-electron chi connectivity index (χ0n) is 4.45. The van der Waals surface area contributed by atoms with Gasteiger partial charge in [0.05, 0.1) is 0 Å². The molecule has 0 rings (SSSR count). The molecular weight excluding hydrogens is 588 g/mol. The molecule has 0 atom stereocenters. The van der Waals surface area contributed by atoms with Gasteiger partial charge in [0.15, 0.2) is 0 Å². The van der Waals surface area contributed by atoms with Crippen molar-refractivity contribution in [3.63, 3.8) is 0 Å². The van der Waals surface area contributed by atoms with Crippen LogP contribution in [0, 0.1) is 0 Å². The Labute approximate surface area is 115 Å². The van der Waals surface area contributed by atoms with E-state index in [4.69, 9.17) is 0 Å². The molecule has 82 valence electrons. The maximum Gasteiger partial charge on any atom is 2.00 e. The van der Waals surface area contributed by atoms with Crippen molar-refractivity contribution in [3.05, 3.63) is 24.6 Å². The van der Waals surface area contributed by atoms with Crippen LogP contribution in [0.1, 0.15) is 0 Å². The smallest absolute Gasteiger partial charge is 1.00 e.